The van der Waals surface area contributed by atoms with Crippen LogP contribution in [0, 0.1) is 5.92 Å². The second-order valence-electron chi connectivity index (χ2n) is 3.73. The lowest BCUT2D eigenvalue weighted by atomic mass is 9.99. The van der Waals surface area contributed by atoms with E-state index in [1.165, 1.54) is 14.2 Å². The van der Waals surface area contributed by atoms with Gasteiger partial charge in [-0.15, -0.1) is 0 Å². The van der Waals surface area contributed by atoms with Gasteiger partial charge in [-0.1, -0.05) is 34.1 Å². The van der Waals surface area contributed by atoms with Gasteiger partial charge in [0.2, 0.25) is 0 Å². The lowest BCUT2D eigenvalue weighted by molar-refractivity contribution is -0.159. The minimum absolute atomic E-state index is 0.363. The number of methoxy groups -OCH3 is 2. The first kappa shape index (κ1) is 14.7. The molecular weight excluding hydrogens is 300 g/mol. The third-order valence-electron chi connectivity index (χ3n) is 2.63. The lowest BCUT2D eigenvalue weighted by Gasteiger charge is -2.12. The molecule has 0 spiro atoms. The van der Waals surface area contributed by atoms with E-state index in [0.29, 0.717) is 12.8 Å². The van der Waals surface area contributed by atoms with Crippen LogP contribution in [0.5, 0.6) is 0 Å². The van der Waals surface area contributed by atoms with Crippen molar-refractivity contribution >= 4 is 27.9 Å². The third kappa shape index (κ3) is 3.84. The molecule has 5 heteroatoms. The Balaban J connectivity index is 2.71. The van der Waals surface area contributed by atoms with E-state index in [1.54, 1.807) is 0 Å². The van der Waals surface area contributed by atoms with Crippen LogP contribution >= 0.6 is 15.9 Å². The van der Waals surface area contributed by atoms with Gasteiger partial charge in [-0.3, -0.25) is 9.59 Å². The van der Waals surface area contributed by atoms with Gasteiger partial charge in [-0.05, 0) is 24.5 Å². The summed E-state index contributed by atoms with van der Waals surface area (Å²) in [6.07, 6.45) is 0.957. The molecule has 98 valence electrons. The molecule has 18 heavy (non-hydrogen) atoms. The van der Waals surface area contributed by atoms with Crippen LogP contribution in [0.15, 0.2) is 28.7 Å². The van der Waals surface area contributed by atoms with Crippen LogP contribution in [0.4, 0.5) is 0 Å². The Morgan fingerprint density at radius 1 is 1.17 bits per heavy atom. The monoisotopic (exact) mass is 314 g/mol. The minimum Gasteiger partial charge on any atom is -0.468 e. The van der Waals surface area contributed by atoms with Crippen LogP contribution in [0.2, 0.25) is 0 Å². The van der Waals surface area contributed by atoms with Gasteiger partial charge in [-0.25, -0.2) is 0 Å². The number of esters is 2. The van der Waals surface area contributed by atoms with Crippen LogP contribution in [-0.4, -0.2) is 26.2 Å². The number of hydrogen-bond acceptors (Lipinski definition) is 4. The molecule has 0 saturated carbocycles. The highest BCUT2D eigenvalue weighted by atomic mass is 79.9. The van der Waals surface area contributed by atoms with E-state index in [0.717, 1.165) is 10.0 Å². The van der Waals surface area contributed by atoms with Gasteiger partial charge in [0.25, 0.3) is 0 Å². The number of aryl methyl sites for hydroxylation is 1. The summed E-state index contributed by atoms with van der Waals surface area (Å²) in [5.74, 6) is -1.99. The fraction of sp³-hybridized carbons (Fsp3) is 0.385. The minimum atomic E-state index is -0.868. The first-order chi connectivity index (χ1) is 8.60. The molecule has 1 aromatic rings. The maximum Gasteiger partial charge on any atom is 0.320 e. The highest BCUT2D eigenvalue weighted by molar-refractivity contribution is 9.10. The molecule has 4 nitrogen and oxygen atoms in total. The quantitative estimate of drug-likeness (QED) is 0.618. The SMILES string of the molecule is COC(=O)C(CCc1ccccc1Br)C(=O)OC. The Kier molecular flexibility index (Phi) is 5.85. The number of carbonyl (C=O) groups is 2. The van der Waals surface area contributed by atoms with Gasteiger partial charge in [-0.2, -0.15) is 0 Å². The van der Waals surface area contributed by atoms with E-state index in [4.69, 9.17) is 0 Å². The van der Waals surface area contributed by atoms with E-state index in [9.17, 15) is 9.59 Å². The van der Waals surface area contributed by atoms with Crippen molar-refractivity contribution in [1.82, 2.24) is 0 Å². The van der Waals surface area contributed by atoms with Gasteiger partial charge >= 0.3 is 11.9 Å². The van der Waals surface area contributed by atoms with Crippen molar-refractivity contribution in [1.29, 1.82) is 0 Å². The fourth-order valence-corrected chi connectivity index (χ4v) is 2.10. The molecule has 0 unspecified atom stereocenters. The maximum atomic E-state index is 11.5. The summed E-state index contributed by atoms with van der Waals surface area (Å²) in [4.78, 5) is 23.0. The topological polar surface area (TPSA) is 52.6 Å². The Hall–Kier alpha value is -1.36. The van der Waals surface area contributed by atoms with Crippen LogP contribution in [0.3, 0.4) is 0 Å². The van der Waals surface area contributed by atoms with Crippen LogP contribution in [-0.2, 0) is 25.5 Å². The van der Waals surface area contributed by atoms with E-state index < -0.39 is 17.9 Å². The van der Waals surface area contributed by atoms with Crippen molar-refractivity contribution in [2.45, 2.75) is 12.8 Å². The fourth-order valence-electron chi connectivity index (χ4n) is 1.62. The summed E-state index contributed by atoms with van der Waals surface area (Å²) < 4.78 is 10.2. The highest BCUT2D eigenvalue weighted by Crippen LogP contribution is 2.20. The standard InChI is InChI=1S/C13H15BrO4/c1-17-12(15)10(13(16)18-2)8-7-9-5-3-4-6-11(9)14/h3-6,10H,7-8H2,1-2H3. The van der Waals surface area contributed by atoms with Crippen molar-refractivity contribution in [3.8, 4) is 0 Å². The molecule has 0 aliphatic heterocycles. The smallest absolute Gasteiger partial charge is 0.320 e. The van der Waals surface area contributed by atoms with E-state index in [-0.39, 0.29) is 0 Å². The zero-order valence-corrected chi connectivity index (χ0v) is 11.9. The second-order valence-corrected chi connectivity index (χ2v) is 4.58. The number of halogens is 1. The number of rotatable bonds is 5. The third-order valence-corrected chi connectivity index (χ3v) is 3.41. The van der Waals surface area contributed by atoms with Crippen molar-refractivity contribution in [3.63, 3.8) is 0 Å². The summed E-state index contributed by atoms with van der Waals surface area (Å²) in [6.45, 7) is 0. The molecule has 0 aliphatic carbocycles. The van der Waals surface area contributed by atoms with E-state index in [1.807, 2.05) is 24.3 Å². The molecule has 0 amide bonds. The van der Waals surface area contributed by atoms with Gasteiger partial charge in [0.05, 0.1) is 14.2 Å². The molecule has 0 atom stereocenters. The van der Waals surface area contributed by atoms with Gasteiger partial charge in [0.1, 0.15) is 0 Å². The number of carbonyl (C=O) groups excluding carboxylic acids is 2. The summed E-state index contributed by atoms with van der Waals surface area (Å²) in [5, 5.41) is 0. The molecule has 0 N–H and O–H groups in total. The average molecular weight is 315 g/mol. The predicted octanol–water partition coefficient (Wildman–Crippen LogP) is 2.34. The van der Waals surface area contributed by atoms with Crippen LogP contribution < -0.4 is 0 Å². The van der Waals surface area contributed by atoms with Crippen LogP contribution in [0.25, 0.3) is 0 Å². The van der Waals surface area contributed by atoms with E-state index in [2.05, 4.69) is 25.4 Å². The van der Waals surface area contributed by atoms with Gasteiger partial charge in [0.15, 0.2) is 5.92 Å². The molecule has 0 saturated heterocycles. The number of benzene rings is 1. The Labute approximate surface area is 114 Å². The molecule has 1 aromatic carbocycles. The van der Waals surface area contributed by atoms with Gasteiger partial charge < -0.3 is 9.47 Å². The molecule has 0 fully saturated rings. The number of hydrogen-bond donors (Lipinski definition) is 0. The van der Waals surface area contributed by atoms with Crippen molar-refractivity contribution in [3.05, 3.63) is 34.3 Å². The summed E-state index contributed by atoms with van der Waals surface area (Å²) in [7, 11) is 2.52. The molecule has 0 aromatic heterocycles. The number of ether oxygens (including phenoxy) is 2. The summed E-state index contributed by atoms with van der Waals surface area (Å²) in [5.41, 5.74) is 1.04. The molecule has 0 bridgehead atoms. The highest BCUT2D eigenvalue weighted by Gasteiger charge is 2.28. The first-order valence-corrected chi connectivity index (χ1v) is 6.28. The van der Waals surface area contributed by atoms with Crippen LogP contribution in [0.1, 0.15) is 12.0 Å². The molecule has 0 heterocycles. The summed E-state index contributed by atoms with van der Waals surface area (Å²) in [6, 6.07) is 7.67. The molecule has 0 radical (unpaired) electrons. The summed E-state index contributed by atoms with van der Waals surface area (Å²) >= 11 is 3.42. The average Bonchev–Trinajstić information content (AvgIpc) is 2.40. The predicted molar refractivity (Wildman–Crippen MR) is 70.0 cm³/mol. The van der Waals surface area contributed by atoms with Gasteiger partial charge in [0, 0.05) is 4.47 Å². The van der Waals surface area contributed by atoms with Crippen molar-refractivity contribution in [2.24, 2.45) is 5.92 Å². The largest absolute Gasteiger partial charge is 0.468 e. The zero-order chi connectivity index (χ0) is 13.5. The Morgan fingerprint density at radius 2 is 1.72 bits per heavy atom. The Bertz CT molecular complexity index is 415. The van der Waals surface area contributed by atoms with Crippen molar-refractivity contribution < 1.29 is 19.1 Å². The Morgan fingerprint density at radius 3 is 2.22 bits per heavy atom. The normalized spacial score (nSPS) is 10.2. The molecule has 0 aliphatic rings. The van der Waals surface area contributed by atoms with E-state index >= 15 is 0 Å². The zero-order valence-electron chi connectivity index (χ0n) is 10.3. The second kappa shape index (κ2) is 7.16. The molecular formula is C13H15BrO4. The first-order valence-electron chi connectivity index (χ1n) is 5.49. The molecule has 1 rings (SSSR count). The van der Waals surface area contributed by atoms with Crippen molar-refractivity contribution in [2.75, 3.05) is 14.2 Å². The maximum absolute atomic E-state index is 11.5. The lowest BCUT2D eigenvalue weighted by Crippen LogP contribution is -2.27.